The van der Waals surface area contributed by atoms with Crippen LogP contribution in [0.15, 0.2) is 35.4 Å². The third-order valence-electron chi connectivity index (χ3n) is 2.57. The second-order valence-corrected chi connectivity index (χ2v) is 6.35. The summed E-state index contributed by atoms with van der Waals surface area (Å²) in [4.78, 5) is -0.00808. The van der Waals surface area contributed by atoms with E-state index in [1.807, 2.05) is 0 Å². The lowest BCUT2D eigenvalue weighted by Crippen LogP contribution is -2.04. The minimum absolute atomic E-state index is 0.00808. The molecule has 1 aromatic carbocycles. The summed E-state index contributed by atoms with van der Waals surface area (Å²) in [7, 11) is 1.49. The first-order chi connectivity index (χ1) is 8.38. The normalized spacial score (nSPS) is 11.7. The minimum atomic E-state index is -3.78. The fourth-order valence-electron chi connectivity index (χ4n) is 1.59. The van der Waals surface area contributed by atoms with Crippen LogP contribution in [-0.4, -0.2) is 18.2 Å². The van der Waals surface area contributed by atoms with E-state index in [0.717, 1.165) is 5.56 Å². The third-order valence-corrected chi connectivity index (χ3v) is 3.99. The first kappa shape index (κ1) is 13.0. The maximum atomic E-state index is 12.7. The highest BCUT2D eigenvalue weighted by atomic mass is 35.7. The van der Waals surface area contributed by atoms with E-state index in [4.69, 9.17) is 10.7 Å². The highest BCUT2D eigenvalue weighted by Gasteiger charge is 2.17. The topological polar surface area (TPSA) is 52.0 Å². The predicted octanol–water partition coefficient (Wildman–Crippen LogP) is 2.31. The second kappa shape index (κ2) is 4.70. The third kappa shape index (κ3) is 2.70. The van der Waals surface area contributed by atoms with E-state index in [1.165, 1.54) is 23.0 Å². The molecule has 18 heavy (non-hydrogen) atoms. The number of hydrogen-bond acceptors (Lipinski definition) is 3. The van der Waals surface area contributed by atoms with Gasteiger partial charge in [-0.25, -0.2) is 12.8 Å². The van der Waals surface area contributed by atoms with Crippen molar-refractivity contribution in [3.63, 3.8) is 0 Å². The number of nitrogens with zero attached hydrogens (tertiary/aromatic N) is 2. The summed E-state index contributed by atoms with van der Waals surface area (Å²) in [5, 5.41) is 3.96. The SMILES string of the molecule is Cc1c(S(=O)(=O)Cl)cnn1Cc1ccc(F)cc1. The van der Waals surface area contributed by atoms with E-state index in [-0.39, 0.29) is 10.7 Å². The summed E-state index contributed by atoms with van der Waals surface area (Å²) in [6, 6.07) is 5.91. The van der Waals surface area contributed by atoms with E-state index in [0.29, 0.717) is 12.2 Å². The van der Waals surface area contributed by atoms with E-state index in [1.54, 1.807) is 19.1 Å². The molecule has 0 aliphatic carbocycles. The molecule has 0 saturated heterocycles. The van der Waals surface area contributed by atoms with Gasteiger partial charge in [-0.15, -0.1) is 0 Å². The Morgan fingerprint density at radius 1 is 1.33 bits per heavy atom. The molecule has 1 aromatic heterocycles. The van der Waals surface area contributed by atoms with Crippen LogP contribution in [0.5, 0.6) is 0 Å². The first-order valence-corrected chi connectivity index (χ1v) is 7.40. The molecule has 1 heterocycles. The quantitative estimate of drug-likeness (QED) is 0.815. The molecule has 2 rings (SSSR count). The van der Waals surface area contributed by atoms with Crippen molar-refractivity contribution in [1.29, 1.82) is 0 Å². The van der Waals surface area contributed by atoms with Gasteiger partial charge in [0.2, 0.25) is 0 Å². The molecule has 0 atom stereocenters. The second-order valence-electron chi connectivity index (χ2n) is 3.82. The molecule has 0 unspecified atom stereocenters. The summed E-state index contributed by atoms with van der Waals surface area (Å²) in [5.41, 5.74) is 1.27. The molecule has 0 spiro atoms. The predicted molar refractivity (Wildman–Crippen MR) is 65.5 cm³/mol. The molecule has 0 radical (unpaired) electrons. The van der Waals surface area contributed by atoms with Crippen molar-refractivity contribution < 1.29 is 12.8 Å². The zero-order valence-electron chi connectivity index (χ0n) is 9.47. The molecule has 0 aliphatic heterocycles. The van der Waals surface area contributed by atoms with Crippen LogP contribution in [0.1, 0.15) is 11.3 Å². The van der Waals surface area contributed by atoms with Crippen LogP contribution >= 0.6 is 10.7 Å². The maximum Gasteiger partial charge on any atom is 0.264 e. The summed E-state index contributed by atoms with van der Waals surface area (Å²) >= 11 is 0. The Balaban J connectivity index is 2.31. The summed E-state index contributed by atoms with van der Waals surface area (Å²) in [6.07, 6.45) is 1.21. The van der Waals surface area contributed by atoms with Crippen molar-refractivity contribution in [2.45, 2.75) is 18.4 Å². The van der Waals surface area contributed by atoms with E-state index in [9.17, 15) is 12.8 Å². The van der Waals surface area contributed by atoms with Gasteiger partial charge in [-0.05, 0) is 24.6 Å². The van der Waals surface area contributed by atoms with Gasteiger partial charge in [0.25, 0.3) is 9.05 Å². The van der Waals surface area contributed by atoms with E-state index >= 15 is 0 Å². The smallest absolute Gasteiger partial charge is 0.264 e. The van der Waals surface area contributed by atoms with Crippen LogP contribution in [0.3, 0.4) is 0 Å². The van der Waals surface area contributed by atoms with Gasteiger partial charge in [0.1, 0.15) is 10.7 Å². The Morgan fingerprint density at radius 2 is 1.94 bits per heavy atom. The average Bonchev–Trinajstić information content (AvgIpc) is 2.63. The summed E-state index contributed by atoms with van der Waals surface area (Å²) < 4.78 is 36.7. The van der Waals surface area contributed by atoms with E-state index < -0.39 is 9.05 Å². The maximum absolute atomic E-state index is 12.7. The van der Waals surface area contributed by atoms with Crippen LogP contribution in [0.4, 0.5) is 4.39 Å². The van der Waals surface area contributed by atoms with Crippen molar-refractivity contribution >= 4 is 19.7 Å². The van der Waals surface area contributed by atoms with Gasteiger partial charge in [-0.1, -0.05) is 12.1 Å². The molecule has 2 aromatic rings. The highest BCUT2D eigenvalue weighted by Crippen LogP contribution is 2.19. The Labute approximate surface area is 108 Å². The van der Waals surface area contributed by atoms with Gasteiger partial charge in [-0.3, -0.25) is 4.68 Å². The number of benzene rings is 1. The summed E-state index contributed by atoms with van der Waals surface area (Å²) in [5.74, 6) is -0.319. The first-order valence-electron chi connectivity index (χ1n) is 5.09. The fourth-order valence-corrected chi connectivity index (χ4v) is 2.68. The molecule has 0 amide bonds. The molecular weight excluding hydrogens is 279 g/mol. The largest absolute Gasteiger partial charge is 0.264 e. The standard InChI is InChI=1S/C11H10ClFN2O2S/c1-8-11(18(12,16)17)6-14-15(8)7-9-2-4-10(13)5-3-9/h2-6H,7H2,1H3. The van der Waals surface area contributed by atoms with Gasteiger partial charge in [-0.2, -0.15) is 5.10 Å². The average molecular weight is 289 g/mol. The van der Waals surface area contributed by atoms with Crippen molar-refractivity contribution in [1.82, 2.24) is 9.78 Å². The molecule has 0 saturated carbocycles. The molecule has 0 bridgehead atoms. The number of halogens is 2. The van der Waals surface area contributed by atoms with Crippen molar-refractivity contribution in [3.05, 3.63) is 47.5 Å². The van der Waals surface area contributed by atoms with Crippen LogP contribution in [0.25, 0.3) is 0 Å². The van der Waals surface area contributed by atoms with Crippen LogP contribution in [0.2, 0.25) is 0 Å². The Bertz CT molecular complexity index is 665. The van der Waals surface area contributed by atoms with Crippen LogP contribution in [-0.2, 0) is 15.6 Å². The summed E-state index contributed by atoms with van der Waals surface area (Å²) in [6.45, 7) is 1.98. The van der Waals surface area contributed by atoms with Gasteiger partial charge in [0.15, 0.2) is 0 Å². The Morgan fingerprint density at radius 3 is 2.44 bits per heavy atom. The van der Waals surface area contributed by atoms with Gasteiger partial charge in [0.05, 0.1) is 18.4 Å². The minimum Gasteiger partial charge on any atom is -0.264 e. The Hall–Kier alpha value is -1.40. The van der Waals surface area contributed by atoms with Crippen LogP contribution < -0.4 is 0 Å². The molecule has 4 nitrogen and oxygen atoms in total. The zero-order valence-corrected chi connectivity index (χ0v) is 11.0. The molecule has 96 valence electrons. The molecule has 0 N–H and O–H groups in total. The molecular formula is C11H10ClFN2O2S. The molecule has 0 fully saturated rings. The number of hydrogen-bond donors (Lipinski definition) is 0. The monoisotopic (exact) mass is 288 g/mol. The molecule has 0 aliphatic rings. The Kier molecular flexibility index (Phi) is 3.41. The number of rotatable bonds is 3. The van der Waals surface area contributed by atoms with Crippen molar-refractivity contribution in [2.24, 2.45) is 0 Å². The van der Waals surface area contributed by atoms with Gasteiger partial charge < -0.3 is 0 Å². The lowest BCUT2D eigenvalue weighted by atomic mass is 10.2. The number of aromatic nitrogens is 2. The van der Waals surface area contributed by atoms with Crippen LogP contribution in [0, 0.1) is 12.7 Å². The highest BCUT2D eigenvalue weighted by molar-refractivity contribution is 8.13. The fraction of sp³-hybridized carbons (Fsp3) is 0.182. The van der Waals surface area contributed by atoms with Gasteiger partial charge in [0, 0.05) is 10.7 Å². The van der Waals surface area contributed by atoms with E-state index in [2.05, 4.69) is 5.10 Å². The van der Waals surface area contributed by atoms with Crippen molar-refractivity contribution in [3.8, 4) is 0 Å². The zero-order chi connectivity index (χ0) is 13.3. The van der Waals surface area contributed by atoms with Crippen molar-refractivity contribution in [2.75, 3.05) is 0 Å². The molecule has 7 heteroatoms. The lowest BCUT2D eigenvalue weighted by molar-refractivity contribution is 0.607. The van der Waals surface area contributed by atoms with Gasteiger partial charge >= 0.3 is 0 Å². The lowest BCUT2D eigenvalue weighted by Gasteiger charge is -2.05.